The molecule has 0 rings (SSSR count). The zero-order valence-corrected chi connectivity index (χ0v) is 7.88. The highest BCUT2D eigenvalue weighted by Crippen LogP contribution is 2.05. The van der Waals surface area contributed by atoms with Crippen molar-refractivity contribution in [2.75, 3.05) is 6.54 Å². The fourth-order valence-electron chi connectivity index (χ4n) is 0.375. The summed E-state index contributed by atoms with van der Waals surface area (Å²) in [5.41, 5.74) is -0.574. The van der Waals surface area contributed by atoms with Crippen molar-refractivity contribution in [2.24, 2.45) is 0 Å². The van der Waals surface area contributed by atoms with Gasteiger partial charge in [-0.2, -0.15) is 0 Å². The molecule has 0 fully saturated rings. The Morgan fingerprint density at radius 3 is 2.33 bits per heavy atom. The number of nitrogens with zero attached hydrogens (tertiary/aromatic N) is 1. The minimum Gasteiger partial charge on any atom is -0.417 e. The Balaban J connectivity index is 3.71. The van der Waals surface area contributed by atoms with Gasteiger partial charge in [-0.3, -0.25) is 10.1 Å². The Bertz CT molecular complexity index is 114. The van der Waals surface area contributed by atoms with Crippen LogP contribution in [-0.2, 0) is 4.43 Å². The van der Waals surface area contributed by atoms with Crippen LogP contribution in [-0.4, -0.2) is 27.6 Å². The van der Waals surface area contributed by atoms with Gasteiger partial charge in [0.25, 0.3) is 0 Å². The van der Waals surface area contributed by atoms with Crippen LogP contribution in [0.1, 0.15) is 13.8 Å². The van der Waals surface area contributed by atoms with E-state index < -0.39 is 5.60 Å². The molecule has 0 atom stereocenters. The molecular formula is C4H11NO3Si. The molecule has 0 aromatic carbocycles. The maximum absolute atomic E-state index is 9.91. The van der Waals surface area contributed by atoms with E-state index in [4.69, 9.17) is 4.43 Å². The Morgan fingerprint density at radius 1 is 1.78 bits per heavy atom. The zero-order chi connectivity index (χ0) is 7.49. The summed E-state index contributed by atoms with van der Waals surface area (Å²) in [5, 5.41) is 9.91. The van der Waals surface area contributed by atoms with E-state index in [0.717, 1.165) is 0 Å². The molecule has 0 aromatic heterocycles. The van der Waals surface area contributed by atoms with Crippen LogP contribution in [0.15, 0.2) is 0 Å². The summed E-state index contributed by atoms with van der Waals surface area (Å²) in [4.78, 5) is 9.55. The summed E-state index contributed by atoms with van der Waals surface area (Å²) < 4.78 is 4.95. The van der Waals surface area contributed by atoms with Crippen molar-refractivity contribution in [1.82, 2.24) is 0 Å². The molecular weight excluding hydrogens is 138 g/mol. The molecule has 0 saturated heterocycles. The molecule has 54 valence electrons. The van der Waals surface area contributed by atoms with Crippen LogP contribution in [0, 0.1) is 10.1 Å². The standard InChI is InChI=1S/C4H11NO3Si/c1-4(2,8-9)3-5(6)7/h3H2,1-2,9H3. The van der Waals surface area contributed by atoms with Gasteiger partial charge in [0.05, 0.1) is 0 Å². The number of hydrogen-bond acceptors (Lipinski definition) is 3. The second-order valence-electron chi connectivity index (χ2n) is 2.45. The van der Waals surface area contributed by atoms with Crippen LogP contribution >= 0.6 is 0 Å². The Morgan fingerprint density at radius 2 is 2.22 bits per heavy atom. The fraction of sp³-hybridized carbons (Fsp3) is 1.00. The van der Waals surface area contributed by atoms with Gasteiger partial charge in [-0.25, -0.2) is 0 Å². The van der Waals surface area contributed by atoms with Gasteiger partial charge in [0.1, 0.15) is 16.1 Å². The van der Waals surface area contributed by atoms with E-state index in [9.17, 15) is 10.1 Å². The van der Waals surface area contributed by atoms with Gasteiger partial charge < -0.3 is 4.43 Å². The lowest BCUT2D eigenvalue weighted by Gasteiger charge is -2.17. The molecule has 0 heterocycles. The second kappa shape index (κ2) is 2.93. The number of nitro groups is 1. The SMILES string of the molecule is CC(C)(C[N+](=O)[O-])O[SiH3]. The molecule has 0 aliphatic carbocycles. The lowest BCUT2D eigenvalue weighted by Crippen LogP contribution is -2.32. The van der Waals surface area contributed by atoms with E-state index in [1.54, 1.807) is 13.8 Å². The first kappa shape index (κ1) is 8.58. The highest BCUT2D eigenvalue weighted by molar-refractivity contribution is 5.98. The van der Waals surface area contributed by atoms with Gasteiger partial charge in [0.2, 0.25) is 6.54 Å². The van der Waals surface area contributed by atoms with Gasteiger partial charge in [-0.05, 0) is 13.8 Å². The van der Waals surface area contributed by atoms with Crippen molar-refractivity contribution in [3.63, 3.8) is 0 Å². The van der Waals surface area contributed by atoms with E-state index in [1.807, 2.05) is 0 Å². The van der Waals surface area contributed by atoms with Crippen LogP contribution in [0.3, 0.4) is 0 Å². The van der Waals surface area contributed by atoms with E-state index in [-0.39, 0.29) is 11.5 Å². The predicted molar refractivity (Wildman–Crippen MR) is 37.0 cm³/mol. The zero-order valence-electron chi connectivity index (χ0n) is 5.88. The first-order valence-corrected chi connectivity index (χ1v) is 3.46. The molecule has 0 amide bonds. The predicted octanol–water partition coefficient (Wildman–Crippen LogP) is -0.661. The summed E-state index contributed by atoms with van der Waals surface area (Å²) in [6.45, 7) is 3.31. The monoisotopic (exact) mass is 149 g/mol. The van der Waals surface area contributed by atoms with Crippen molar-refractivity contribution >= 4 is 10.5 Å². The average Bonchev–Trinajstić information content (AvgIpc) is 1.63. The second-order valence-corrected chi connectivity index (χ2v) is 2.86. The van der Waals surface area contributed by atoms with E-state index in [2.05, 4.69) is 0 Å². The molecule has 0 bridgehead atoms. The highest BCUT2D eigenvalue weighted by atomic mass is 28.2. The molecule has 0 spiro atoms. The number of rotatable bonds is 3. The molecule has 9 heavy (non-hydrogen) atoms. The third-order valence-corrected chi connectivity index (χ3v) is 2.17. The van der Waals surface area contributed by atoms with Crippen LogP contribution in [0.25, 0.3) is 0 Å². The van der Waals surface area contributed by atoms with E-state index in [0.29, 0.717) is 10.5 Å². The van der Waals surface area contributed by atoms with Crippen molar-refractivity contribution in [1.29, 1.82) is 0 Å². The minimum absolute atomic E-state index is 0.115. The normalized spacial score (nSPS) is 11.8. The molecule has 4 nitrogen and oxygen atoms in total. The maximum atomic E-state index is 9.91. The fourth-order valence-corrected chi connectivity index (χ4v) is 0.505. The van der Waals surface area contributed by atoms with E-state index in [1.165, 1.54) is 0 Å². The average molecular weight is 149 g/mol. The van der Waals surface area contributed by atoms with Gasteiger partial charge in [0.15, 0.2) is 0 Å². The van der Waals surface area contributed by atoms with Crippen LogP contribution in [0.2, 0.25) is 0 Å². The molecule has 0 radical (unpaired) electrons. The highest BCUT2D eigenvalue weighted by Gasteiger charge is 2.22. The van der Waals surface area contributed by atoms with Crippen LogP contribution < -0.4 is 0 Å². The molecule has 0 aliphatic heterocycles. The van der Waals surface area contributed by atoms with Gasteiger partial charge in [0, 0.05) is 4.92 Å². The largest absolute Gasteiger partial charge is 0.417 e. The quantitative estimate of drug-likeness (QED) is 0.304. The van der Waals surface area contributed by atoms with Crippen molar-refractivity contribution in [3.05, 3.63) is 10.1 Å². The Kier molecular flexibility index (Phi) is 2.79. The smallest absolute Gasteiger partial charge is 0.230 e. The molecule has 0 N–H and O–H groups in total. The Hall–Kier alpha value is -0.423. The lowest BCUT2D eigenvalue weighted by atomic mass is 10.1. The van der Waals surface area contributed by atoms with Gasteiger partial charge >= 0.3 is 0 Å². The molecule has 5 heteroatoms. The third kappa shape index (κ3) is 4.10. The first-order valence-electron chi connectivity index (χ1n) is 2.65. The lowest BCUT2D eigenvalue weighted by molar-refractivity contribution is -0.496. The molecule has 0 aromatic rings. The summed E-state index contributed by atoms with van der Waals surface area (Å²) in [5.74, 6) is 0. The molecule has 0 unspecified atom stereocenters. The van der Waals surface area contributed by atoms with E-state index >= 15 is 0 Å². The van der Waals surface area contributed by atoms with Crippen molar-refractivity contribution in [3.8, 4) is 0 Å². The summed E-state index contributed by atoms with van der Waals surface area (Å²) in [6, 6.07) is 0. The topological polar surface area (TPSA) is 52.4 Å². The number of hydrogen-bond donors (Lipinski definition) is 0. The van der Waals surface area contributed by atoms with Gasteiger partial charge in [-0.1, -0.05) is 0 Å². The molecule has 0 saturated carbocycles. The minimum atomic E-state index is -0.574. The van der Waals surface area contributed by atoms with Gasteiger partial charge in [-0.15, -0.1) is 0 Å². The van der Waals surface area contributed by atoms with Crippen molar-refractivity contribution in [2.45, 2.75) is 19.4 Å². The van der Waals surface area contributed by atoms with Crippen molar-refractivity contribution < 1.29 is 9.35 Å². The van der Waals surface area contributed by atoms with Crippen LogP contribution in [0.5, 0.6) is 0 Å². The van der Waals surface area contributed by atoms with Crippen LogP contribution in [0.4, 0.5) is 0 Å². The molecule has 0 aliphatic rings. The summed E-state index contributed by atoms with van der Waals surface area (Å²) in [7, 11) is 0.548. The summed E-state index contributed by atoms with van der Waals surface area (Å²) >= 11 is 0. The third-order valence-electron chi connectivity index (χ3n) is 1.06. The first-order chi connectivity index (χ1) is 3.98. The summed E-state index contributed by atoms with van der Waals surface area (Å²) in [6.07, 6.45) is 0. The maximum Gasteiger partial charge on any atom is 0.230 e. The Labute approximate surface area is 56.9 Å².